The number of carbonyl (C=O) groups is 1. The molecule has 130 valence electrons. The number of para-hydroxylation sites is 1. The van der Waals surface area contributed by atoms with Gasteiger partial charge in [-0.1, -0.05) is 18.2 Å². The van der Waals surface area contributed by atoms with Crippen LogP contribution in [0.3, 0.4) is 0 Å². The summed E-state index contributed by atoms with van der Waals surface area (Å²) in [5.41, 5.74) is 2.37. The van der Waals surface area contributed by atoms with Crippen LogP contribution in [0.5, 0.6) is 0 Å². The van der Waals surface area contributed by atoms with Gasteiger partial charge in [0.25, 0.3) is 0 Å². The number of rotatable bonds is 4. The number of amides is 1. The number of thiophene rings is 2. The summed E-state index contributed by atoms with van der Waals surface area (Å²) >= 11 is 3.52. The molecule has 0 saturated carbocycles. The van der Waals surface area contributed by atoms with E-state index in [1.54, 1.807) is 40.9 Å². The lowest BCUT2D eigenvalue weighted by Crippen LogP contribution is -2.40. The van der Waals surface area contributed by atoms with Crippen molar-refractivity contribution in [1.82, 2.24) is 4.90 Å². The van der Waals surface area contributed by atoms with Crippen LogP contribution >= 0.6 is 22.7 Å². The lowest BCUT2D eigenvalue weighted by atomic mass is 9.98. The monoisotopic (exact) mass is 379 g/mol. The highest BCUT2D eigenvalue weighted by Gasteiger charge is 2.31. The average Bonchev–Trinajstić information content (AvgIpc) is 3.33. The van der Waals surface area contributed by atoms with Gasteiger partial charge in [0, 0.05) is 16.3 Å². The van der Waals surface area contributed by atoms with Gasteiger partial charge in [-0.3, -0.25) is 9.69 Å². The first-order valence-corrected chi connectivity index (χ1v) is 10.1. The Morgan fingerprint density at radius 2 is 2.08 bits per heavy atom. The maximum atomic E-state index is 12.7. The molecular formula is C20H17N3OS2. The zero-order chi connectivity index (χ0) is 17.9. The van der Waals surface area contributed by atoms with E-state index in [0.717, 1.165) is 13.0 Å². The van der Waals surface area contributed by atoms with Gasteiger partial charge < -0.3 is 5.32 Å². The number of hydrogen-bond donors (Lipinski definition) is 1. The fourth-order valence-corrected chi connectivity index (χ4v) is 5.16. The maximum Gasteiger partial charge on any atom is 0.238 e. The minimum absolute atomic E-state index is 0.0899. The molecule has 1 atom stereocenters. The van der Waals surface area contributed by atoms with Crippen molar-refractivity contribution in [3.05, 3.63) is 74.1 Å². The van der Waals surface area contributed by atoms with Gasteiger partial charge in [0.1, 0.15) is 6.07 Å². The van der Waals surface area contributed by atoms with Crippen molar-refractivity contribution in [3.63, 3.8) is 0 Å². The van der Waals surface area contributed by atoms with Crippen LogP contribution in [-0.4, -0.2) is 23.9 Å². The van der Waals surface area contributed by atoms with E-state index in [-0.39, 0.29) is 11.9 Å². The average molecular weight is 380 g/mol. The number of nitrogens with one attached hydrogen (secondary N) is 1. The third-order valence-electron chi connectivity index (χ3n) is 4.55. The molecule has 3 heterocycles. The number of carbonyl (C=O) groups excluding carboxylic acids is 1. The first-order valence-electron chi connectivity index (χ1n) is 8.39. The third-order valence-corrected chi connectivity index (χ3v) is 6.47. The molecule has 0 bridgehead atoms. The largest absolute Gasteiger partial charge is 0.324 e. The van der Waals surface area contributed by atoms with Gasteiger partial charge in [0.15, 0.2) is 0 Å². The molecule has 0 unspecified atom stereocenters. The van der Waals surface area contributed by atoms with Crippen LogP contribution in [0.25, 0.3) is 0 Å². The van der Waals surface area contributed by atoms with Crippen molar-refractivity contribution in [2.75, 3.05) is 18.4 Å². The highest BCUT2D eigenvalue weighted by molar-refractivity contribution is 7.10. The quantitative estimate of drug-likeness (QED) is 0.737. The smallest absolute Gasteiger partial charge is 0.238 e. The van der Waals surface area contributed by atoms with Gasteiger partial charge in [-0.25, -0.2) is 0 Å². The molecule has 1 aliphatic rings. The third kappa shape index (κ3) is 3.29. The molecule has 1 aliphatic heterocycles. The van der Waals surface area contributed by atoms with E-state index in [1.807, 2.05) is 6.07 Å². The fourth-order valence-electron chi connectivity index (χ4n) is 3.38. The molecule has 6 heteroatoms. The van der Waals surface area contributed by atoms with E-state index in [9.17, 15) is 10.1 Å². The van der Waals surface area contributed by atoms with E-state index in [0.29, 0.717) is 17.8 Å². The van der Waals surface area contributed by atoms with Crippen LogP contribution in [0, 0.1) is 11.3 Å². The fraction of sp³-hybridized carbons (Fsp3) is 0.200. The Hall–Kier alpha value is -2.46. The predicted octanol–water partition coefficient (Wildman–Crippen LogP) is 4.27. The zero-order valence-corrected chi connectivity index (χ0v) is 15.6. The van der Waals surface area contributed by atoms with E-state index in [2.05, 4.69) is 45.2 Å². The van der Waals surface area contributed by atoms with Crippen LogP contribution in [0.4, 0.5) is 5.69 Å². The lowest BCUT2D eigenvalue weighted by molar-refractivity contribution is -0.117. The normalized spacial score (nSPS) is 16.7. The zero-order valence-electron chi connectivity index (χ0n) is 14.0. The second-order valence-corrected chi connectivity index (χ2v) is 8.12. The van der Waals surface area contributed by atoms with E-state index < -0.39 is 0 Å². The lowest BCUT2D eigenvalue weighted by Gasteiger charge is -2.34. The number of anilines is 1. The van der Waals surface area contributed by atoms with Crippen molar-refractivity contribution in [1.29, 1.82) is 5.26 Å². The summed E-state index contributed by atoms with van der Waals surface area (Å²) < 4.78 is 0. The topological polar surface area (TPSA) is 56.1 Å². The Morgan fingerprint density at radius 1 is 1.19 bits per heavy atom. The number of nitrogens with zero attached hydrogens (tertiary/aromatic N) is 2. The van der Waals surface area contributed by atoms with Crippen molar-refractivity contribution in [3.8, 4) is 6.07 Å². The Labute approximate surface area is 160 Å². The Balaban J connectivity index is 1.55. The van der Waals surface area contributed by atoms with Crippen LogP contribution in [0.15, 0.2) is 53.2 Å². The van der Waals surface area contributed by atoms with Gasteiger partial charge in [-0.05, 0) is 47.0 Å². The molecule has 0 saturated heterocycles. The van der Waals surface area contributed by atoms with Crippen molar-refractivity contribution in [2.24, 2.45) is 0 Å². The molecule has 1 aromatic carbocycles. The summed E-state index contributed by atoms with van der Waals surface area (Å²) in [7, 11) is 0. The minimum atomic E-state index is -0.0899. The summed E-state index contributed by atoms with van der Waals surface area (Å²) in [5.74, 6) is -0.0899. The van der Waals surface area contributed by atoms with Crippen LogP contribution in [0.2, 0.25) is 0 Å². The van der Waals surface area contributed by atoms with Crippen LogP contribution < -0.4 is 5.32 Å². The van der Waals surface area contributed by atoms with E-state index in [4.69, 9.17) is 0 Å². The standard InChI is InChI=1S/C20H17N3OS2/c21-12-14-4-1-2-5-16(14)22-19(24)13-23-9-7-17-15(8-11-26-17)20(23)18-6-3-10-25-18/h1-6,8,10-11,20H,7,9,13H2,(H,22,24)/t20-/m1/s1. The van der Waals surface area contributed by atoms with Crippen LogP contribution in [0.1, 0.15) is 26.9 Å². The maximum absolute atomic E-state index is 12.7. The Morgan fingerprint density at radius 3 is 2.88 bits per heavy atom. The van der Waals surface area contributed by atoms with Gasteiger partial charge >= 0.3 is 0 Å². The minimum Gasteiger partial charge on any atom is -0.324 e. The molecule has 0 spiro atoms. The number of fused-ring (bicyclic) bond motifs is 1. The SMILES string of the molecule is N#Cc1ccccc1NC(=O)CN1CCc2sccc2[C@@H]1c1cccs1. The van der Waals surface area contributed by atoms with E-state index in [1.165, 1.54) is 15.3 Å². The molecule has 4 nitrogen and oxygen atoms in total. The molecule has 26 heavy (non-hydrogen) atoms. The van der Waals surface area contributed by atoms with Crippen molar-refractivity contribution in [2.45, 2.75) is 12.5 Å². The summed E-state index contributed by atoms with van der Waals surface area (Å²) in [6.07, 6.45) is 0.969. The van der Waals surface area contributed by atoms with E-state index >= 15 is 0 Å². The highest BCUT2D eigenvalue weighted by Crippen LogP contribution is 2.39. The molecule has 1 amide bonds. The highest BCUT2D eigenvalue weighted by atomic mass is 32.1. The summed E-state index contributed by atoms with van der Waals surface area (Å²) in [4.78, 5) is 17.6. The van der Waals surface area contributed by atoms with Gasteiger partial charge in [0.2, 0.25) is 5.91 Å². The van der Waals surface area contributed by atoms with Gasteiger partial charge in [-0.2, -0.15) is 5.26 Å². The molecule has 0 fully saturated rings. The number of benzene rings is 1. The van der Waals surface area contributed by atoms with Crippen molar-refractivity contribution < 1.29 is 4.79 Å². The van der Waals surface area contributed by atoms with Gasteiger partial charge in [0.05, 0.1) is 23.8 Å². The Kier molecular flexibility index (Phi) is 4.85. The molecule has 4 rings (SSSR count). The summed E-state index contributed by atoms with van der Waals surface area (Å²) in [5, 5.41) is 16.3. The van der Waals surface area contributed by atoms with Gasteiger partial charge in [-0.15, -0.1) is 22.7 Å². The first-order chi connectivity index (χ1) is 12.8. The molecule has 0 radical (unpaired) electrons. The number of nitriles is 1. The summed E-state index contributed by atoms with van der Waals surface area (Å²) in [6, 6.07) is 15.7. The molecule has 0 aliphatic carbocycles. The second kappa shape index (κ2) is 7.42. The number of hydrogen-bond acceptors (Lipinski definition) is 5. The predicted molar refractivity (Wildman–Crippen MR) is 106 cm³/mol. The molecule has 2 aromatic heterocycles. The second-order valence-electron chi connectivity index (χ2n) is 6.14. The molecule has 1 N–H and O–H groups in total. The van der Waals surface area contributed by atoms with Crippen LogP contribution in [-0.2, 0) is 11.2 Å². The summed E-state index contributed by atoms with van der Waals surface area (Å²) in [6.45, 7) is 1.15. The van der Waals surface area contributed by atoms with Crippen molar-refractivity contribution >= 4 is 34.3 Å². The molecular weight excluding hydrogens is 362 g/mol. The Bertz CT molecular complexity index is 956. The molecule has 3 aromatic rings. The first kappa shape index (κ1) is 17.0.